The Bertz CT molecular complexity index is 666. The SMILES string of the molecule is COC(=O)C1=C(C)OC(N)=C(C#N)C1c1ccc(Br)o1. The number of furan rings is 1. The zero-order valence-electron chi connectivity index (χ0n) is 10.8. The fourth-order valence-corrected chi connectivity index (χ4v) is 2.34. The first-order valence-electron chi connectivity index (χ1n) is 5.61. The van der Waals surface area contributed by atoms with Gasteiger partial charge in [0, 0.05) is 0 Å². The minimum atomic E-state index is -0.743. The summed E-state index contributed by atoms with van der Waals surface area (Å²) in [7, 11) is 1.26. The van der Waals surface area contributed by atoms with Crippen molar-refractivity contribution in [2.24, 2.45) is 5.73 Å². The first-order valence-corrected chi connectivity index (χ1v) is 6.40. The van der Waals surface area contributed by atoms with Crippen LogP contribution in [0.15, 0.2) is 44.0 Å². The lowest BCUT2D eigenvalue weighted by atomic mass is 9.87. The fourth-order valence-electron chi connectivity index (χ4n) is 2.02. The molecule has 0 saturated heterocycles. The third kappa shape index (κ3) is 2.30. The standard InChI is InChI=1S/C13H11BrN2O4/c1-6-10(13(17)18-2)11(7(5-15)12(16)19-6)8-3-4-9(14)20-8/h3-4,11H,16H2,1-2H3. The van der Waals surface area contributed by atoms with Gasteiger partial charge in [0.05, 0.1) is 18.6 Å². The quantitative estimate of drug-likeness (QED) is 0.830. The van der Waals surface area contributed by atoms with E-state index in [1.807, 2.05) is 6.07 Å². The second-order valence-corrected chi connectivity index (χ2v) is 4.81. The number of hydrogen-bond donors (Lipinski definition) is 1. The zero-order chi connectivity index (χ0) is 14.9. The van der Waals surface area contributed by atoms with Crippen molar-refractivity contribution in [3.63, 3.8) is 0 Å². The zero-order valence-corrected chi connectivity index (χ0v) is 12.4. The molecule has 0 saturated carbocycles. The maximum absolute atomic E-state index is 11.9. The topological polar surface area (TPSA) is 98.5 Å². The maximum Gasteiger partial charge on any atom is 0.338 e. The highest BCUT2D eigenvalue weighted by Gasteiger charge is 2.37. The molecule has 0 radical (unpaired) electrons. The van der Waals surface area contributed by atoms with Gasteiger partial charge < -0.3 is 19.6 Å². The molecule has 6 nitrogen and oxygen atoms in total. The summed E-state index contributed by atoms with van der Waals surface area (Å²) in [6, 6.07) is 5.27. The monoisotopic (exact) mass is 338 g/mol. The predicted octanol–water partition coefficient (Wildman–Crippen LogP) is 2.30. The molecule has 0 aromatic carbocycles. The number of nitrogens with two attached hydrogens (primary N) is 1. The van der Waals surface area contributed by atoms with E-state index in [9.17, 15) is 10.1 Å². The molecule has 2 N–H and O–H groups in total. The Hall–Kier alpha value is -2.20. The van der Waals surface area contributed by atoms with Gasteiger partial charge >= 0.3 is 5.97 Å². The normalized spacial score (nSPS) is 18.6. The lowest BCUT2D eigenvalue weighted by molar-refractivity contribution is -0.136. The van der Waals surface area contributed by atoms with E-state index in [4.69, 9.17) is 19.6 Å². The summed E-state index contributed by atoms with van der Waals surface area (Å²) < 4.78 is 15.9. The highest BCUT2D eigenvalue weighted by atomic mass is 79.9. The van der Waals surface area contributed by atoms with Crippen LogP contribution < -0.4 is 5.73 Å². The number of nitrogens with zero attached hydrogens (tertiary/aromatic N) is 1. The molecule has 1 aliphatic rings. The lowest BCUT2D eigenvalue weighted by Crippen LogP contribution is -2.24. The molecule has 1 aliphatic heterocycles. The molecule has 0 fully saturated rings. The molecule has 2 rings (SSSR count). The van der Waals surface area contributed by atoms with E-state index in [2.05, 4.69) is 15.9 Å². The van der Waals surface area contributed by atoms with Gasteiger partial charge in [-0.1, -0.05) is 0 Å². The molecule has 0 spiro atoms. The number of nitriles is 1. The molecule has 7 heteroatoms. The molecule has 2 heterocycles. The van der Waals surface area contributed by atoms with Crippen LogP contribution in [-0.2, 0) is 14.3 Å². The number of allylic oxidation sites excluding steroid dienone is 2. The van der Waals surface area contributed by atoms with Gasteiger partial charge in [0.1, 0.15) is 23.2 Å². The van der Waals surface area contributed by atoms with Crippen LogP contribution in [0.2, 0.25) is 0 Å². The largest absolute Gasteiger partial charge is 0.466 e. The third-order valence-corrected chi connectivity index (χ3v) is 3.32. The van der Waals surface area contributed by atoms with Gasteiger partial charge in [-0.3, -0.25) is 0 Å². The molecule has 0 bridgehead atoms. The molecule has 1 unspecified atom stereocenters. The molecule has 0 aliphatic carbocycles. The van der Waals surface area contributed by atoms with Crippen molar-refractivity contribution in [1.29, 1.82) is 5.26 Å². The number of rotatable bonds is 2. The van der Waals surface area contributed by atoms with E-state index in [1.54, 1.807) is 19.1 Å². The molecular formula is C13H11BrN2O4. The number of carbonyl (C=O) groups excluding carboxylic acids is 1. The van der Waals surface area contributed by atoms with Gasteiger partial charge in [-0.2, -0.15) is 5.26 Å². The van der Waals surface area contributed by atoms with Gasteiger partial charge in [-0.15, -0.1) is 0 Å². The molecule has 20 heavy (non-hydrogen) atoms. The molecule has 104 valence electrons. The van der Waals surface area contributed by atoms with Crippen LogP contribution in [0.25, 0.3) is 0 Å². The molecular weight excluding hydrogens is 328 g/mol. The highest BCUT2D eigenvalue weighted by Crippen LogP contribution is 2.40. The minimum Gasteiger partial charge on any atom is -0.466 e. The number of halogens is 1. The van der Waals surface area contributed by atoms with Crippen molar-refractivity contribution in [2.45, 2.75) is 12.8 Å². The van der Waals surface area contributed by atoms with Crippen LogP contribution >= 0.6 is 15.9 Å². The van der Waals surface area contributed by atoms with Gasteiger partial charge in [0.15, 0.2) is 4.67 Å². The average Bonchev–Trinajstić information content (AvgIpc) is 2.83. The fraction of sp³-hybridized carbons (Fsp3) is 0.231. The Morgan fingerprint density at radius 1 is 1.55 bits per heavy atom. The van der Waals surface area contributed by atoms with Crippen LogP contribution in [0, 0.1) is 11.3 Å². The van der Waals surface area contributed by atoms with E-state index in [1.165, 1.54) is 7.11 Å². The minimum absolute atomic E-state index is 0.0461. The van der Waals surface area contributed by atoms with E-state index < -0.39 is 11.9 Å². The number of methoxy groups -OCH3 is 1. The Morgan fingerprint density at radius 2 is 2.25 bits per heavy atom. The second kappa shape index (κ2) is 5.43. The third-order valence-electron chi connectivity index (χ3n) is 2.89. The van der Waals surface area contributed by atoms with Gasteiger partial charge in [-0.05, 0) is 35.0 Å². The number of esters is 1. The number of ether oxygens (including phenoxy) is 2. The van der Waals surface area contributed by atoms with Crippen molar-refractivity contribution in [2.75, 3.05) is 7.11 Å². The Balaban J connectivity index is 2.62. The summed E-state index contributed by atoms with van der Waals surface area (Å²) in [5.41, 5.74) is 6.02. The molecule has 1 atom stereocenters. The number of carbonyl (C=O) groups is 1. The van der Waals surface area contributed by atoms with Crippen molar-refractivity contribution in [3.8, 4) is 6.07 Å². The number of hydrogen-bond acceptors (Lipinski definition) is 6. The second-order valence-electron chi connectivity index (χ2n) is 4.03. The maximum atomic E-state index is 11.9. The summed E-state index contributed by atoms with van der Waals surface area (Å²) in [6.07, 6.45) is 0. The summed E-state index contributed by atoms with van der Waals surface area (Å²) in [5.74, 6) is -0.701. The van der Waals surface area contributed by atoms with E-state index >= 15 is 0 Å². The van der Waals surface area contributed by atoms with Crippen molar-refractivity contribution < 1.29 is 18.7 Å². The predicted molar refractivity (Wildman–Crippen MR) is 71.8 cm³/mol. The van der Waals surface area contributed by atoms with Crippen LogP contribution in [0.3, 0.4) is 0 Å². The summed E-state index contributed by atoms with van der Waals surface area (Å²) in [6.45, 7) is 1.58. The smallest absolute Gasteiger partial charge is 0.338 e. The molecule has 1 aromatic heterocycles. The molecule has 1 aromatic rings. The summed E-state index contributed by atoms with van der Waals surface area (Å²) in [5, 5.41) is 9.26. The first kappa shape index (κ1) is 14.2. The van der Waals surface area contributed by atoms with Gasteiger partial charge in [-0.25, -0.2) is 4.79 Å². The first-order chi connectivity index (χ1) is 9.49. The average molecular weight is 339 g/mol. The van der Waals surface area contributed by atoms with Crippen LogP contribution in [0.4, 0.5) is 0 Å². The Kier molecular flexibility index (Phi) is 3.86. The van der Waals surface area contributed by atoms with Gasteiger partial charge in [0.2, 0.25) is 5.88 Å². The van der Waals surface area contributed by atoms with Gasteiger partial charge in [0.25, 0.3) is 0 Å². The van der Waals surface area contributed by atoms with Crippen molar-refractivity contribution in [3.05, 3.63) is 45.4 Å². The van der Waals surface area contributed by atoms with Crippen LogP contribution in [0.1, 0.15) is 18.6 Å². The molecule has 0 amide bonds. The van der Waals surface area contributed by atoms with Crippen molar-refractivity contribution in [1.82, 2.24) is 0 Å². The van der Waals surface area contributed by atoms with E-state index in [0.717, 1.165) is 0 Å². The lowest BCUT2D eigenvalue weighted by Gasteiger charge is -2.24. The van der Waals surface area contributed by atoms with Crippen molar-refractivity contribution >= 4 is 21.9 Å². The summed E-state index contributed by atoms with van der Waals surface area (Å²) >= 11 is 3.18. The summed E-state index contributed by atoms with van der Waals surface area (Å²) in [4.78, 5) is 11.9. The van der Waals surface area contributed by atoms with Crippen LogP contribution in [0.5, 0.6) is 0 Å². The van der Waals surface area contributed by atoms with Crippen LogP contribution in [-0.4, -0.2) is 13.1 Å². The Morgan fingerprint density at radius 3 is 2.75 bits per heavy atom. The highest BCUT2D eigenvalue weighted by molar-refractivity contribution is 9.10. The van der Waals surface area contributed by atoms with E-state index in [-0.39, 0.29) is 22.8 Å². The van der Waals surface area contributed by atoms with E-state index in [0.29, 0.717) is 10.4 Å². The Labute approximate surface area is 123 Å².